The van der Waals surface area contributed by atoms with Gasteiger partial charge in [0.15, 0.2) is 0 Å². The Morgan fingerprint density at radius 3 is 2.75 bits per heavy atom. The average molecular weight is 296 g/mol. The monoisotopic (exact) mass is 295 g/mol. The van der Waals surface area contributed by atoms with E-state index >= 15 is 0 Å². The highest BCUT2D eigenvalue weighted by atomic mass is 35.5. The molecule has 1 aromatic heterocycles. The van der Waals surface area contributed by atoms with Crippen LogP contribution in [0.2, 0.25) is 5.15 Å². The second-order valence-corrected chi connectivity index (χ2v) is 4.60. The Labute approximate surface area is 119 Å². The fourth-order valence-corrected chi connectivity index (χ4v) is 1.93. The number of aromatic nitrogens is 1. The van der Waals surface area contributed by atoms with Crippen molar-refractivity contribution in [2.24, 2.45) is 0 Å². The van der Waals surface area contributed by atoms with E-state index in [9.17, 15) is 14.5 Å². The first-order valence-electron chi connectivity index (χ1n) is 5.74. The third kappa shape index (κ3) is 3.21. The number of benzene rings is 1. The molecule has 2 rings (SSSR count). The van der Waals surface area contributed by atoms with Gasteiger partial charge in [-0.25, -0.2) is 9.37 Å². The SMILES string of the molecule is CN(Cc1ccccc1F)c1cc([N+](=O)[O-])cc(Cl)n1. The molecule has 0 fully saturated rings. The van der Waals surface area contributed by atoms with Crippen molar-refractivity contribution < 1.29 is 9.31 Å². The molecule has 0 aliphatic rings. The largest absolute Gasteiger partial charge is 0.355 e. The zero-order chi connectivity index (χ0) is 14.7. The van der Waals surface area contributed by atoms with Crippen LogP contribution in [0.5, 0.6) is 0 Å². The second kappa shape index (κ2) is 5.83. The Morgan fingerprint density at radius 1 is 1.40 bits per heavy atom. The molecule has 0 N–H and O–H groups in total. The van der Waals surface area contributed by atoms with Crippen molar-refractivity contribution in [1.82, 2.24) is 4.98 Å². The third-order valence-corrected chi connectivity index (χ3v) is 2.93. The van der Waals surface area contributed by atoms with Crippen molar-refractivity contribution in [3.05, 3.63) is 63.0 Å². The minimum absolute atomic E-state index is 0.0228. The topological polar surface area (TPSA) is 59.3 Å². The molecule has 0 saturated heterocycles. The molecule has 104 valence electrons. The highest BCUT2D eigenvalue weighted by molar-refractivity contribution is 6.29. The number of hydrogen-bond donors (Lipinski definition) is 0. The van der Waals surface area contributed by atoms with Crippen molar-refractivity contribution in [3.63, 3.8) is 0 Å². The Balaban J connectivity index is 2.27. The fraction of sp³-hybridized carbons (Fsp3) is 0.154. The van der Waals surface area contributed by atoms with E-state index in [1.165, 1.54) is 18.2 Å². The summed E-state index contributed by atoms with van der Waals surface area (Å²) in [7, 11) is 1.66. The zero-order valence-electron chi connectivity index (χ0n) is 10.6. The van der Waals surface area contributed by atoms with Crippen molar-refractivity contribution in [1.29, 1.82) is 0 Å². The van der Waals surface area contributed by atoms with Crippen LogP contribution in [0.15, 0.2) is 36.4 Å². The maximum absolute atomic E-state index is 13.6. The molecule has 0 bridgehead atoms. The summed E-state index contributed by atoms with van der Waals surface area (Å²) >= 11 is 5.76. The molecule has 0 amide bonds. The van der Waals surface area contributed by atoms with Gasteiger partial charge in [-0.05, 0) is 6.07 Å². The number of rotatable bonds is 4. The van der Waals surface area contributed by atoms with Crippen LogP contribution >= 0.6 is 11.6 Å². The van der Waals surface area contributed by atoms with E-state index in [0.29, 0.717) is 11.4 Å². The average Bonchev–Trinajstić information content (AvgIpc) is 2.40. The lowest BCUT2D eigenvalue weighted by Crippen LogP contribution is -2.18. The molecule has 7 heteroatoms. The molecule has 5 nitrogen and oxygen atoms in total. The lowest BCUT2D eigenvalue weighted by atomic mass is 10.2. The van der Waals surface area contributed by atoms with Crippen LogP contribution in [0.1, 0.15) is 5.56 Å². The lowest BCUT2D eigenvalue weighted by Gasteiger charge is -2.18. The van der Waals surface area contributed by atoms with Gasteiger partial charge < -0.3 is 4.90 Å². The Morgan fingerprint density at radius 2 is 2.10 bits per heavy atom. The second-order valence-electron chi connectivity index (χ2n) is 4.21. The van der Waals surface area contributed by atoms with Crippen LogP contribution in [0.3, 0.4) is 0 Å². The van der Waals surface area contributed by atoms with Crippen LogP contribution in [-0.4, -0.2) is 17.0 Å². The fourth-order valence-electron chi connectivity index (χ4n) is 1.73. The van der Waals surface area contributed by atoms with Crippen molar-refractivity contribution in [2.75, 3.05) is 11.9 Å². The molecule has 1 heterocycles. The molecule has 1 aromatic carbocycles. The van der Waals surface area contributed by atoms with Crippen LogP contribution in [0, 0.1) is 15.9 Å². The molecular weight excluding hydrogens is 285 g/mol. The summed E-state index contributed by atoms with van der Waals surface area (Å²) in [5, 5.41) is 10.8. The van der Waals surface area contributed by atoms with Crippen molar-refractivity contribution >= 4 is 23.1 Å². The molecule has 20 heavy (non-hydrogen) atoms. The molecule has 0 spiro atoms. The number of anilines is 1. The van der Waals surface area contributed by atoms with Gasteiger partial charge in [0.1, 0.15) is 16.8 Å². The molecule has 0 radical (unpaired) electrons. The number of nitrogens with zero attached hydrogens (tertiary/aromatic N) is 3. The van der Waals surface area contributed by atoms with E-state index < -0.39 is 4.92 Å². The van der Waals surface area contributed by atoms with Gasteiger partial charge in [-0.15, -0.1) is 0 Å². The third-order valence-electron chi connectivity index (χ3n) is 2.73. The minimum Gasteiger partial charge on any atom is -0.355 e. The van der Waals surface area contributed by atoms with E-state index in [0.717, 1.165) is 0 Å². The summed E-state index contributed by atoms with van der Waals surface area (Å²) in [6.07, 6.45) is 0. The van der Waals surface area contributed by atoms with Crippen LogP contribution in [-0.2, 0) is 6.54 Å². The van der Waals surface area contributed by atoms with E-state index in [4.69, 9.17) is 11.6 Å². The van der Waals surface area contributed by atoms with E-state index in [-0.39, 0.29) is 23.2 Å². The Kier molecular flexibility index (Phi) is 4.14. The highest BCUT2D eigenvalue weighted by Gasteiger charge is 2.14. The van der Waals surface area contributed by atoms with Gasteiger partial charge in [-0.3, -0.25) is 10.1 Å². The number of hydrogen-bond acceptors (Lipinski definition) is 4. The van der Waals surface area contributed by atoms with Crippen molar-refractivity contribution in [2.45, 2.75) is 6.54 Å². The smallest absolute Gasteiger partial charge is 0.276 e. The van der Waals surface area contributed by atoms with Gasteiger partial charge in [0.25, 0.3) is 5.69 Å². The first-order valence-corrected chi connectivity index (χ1v) is 6.11. The molecule has 0 saturated carbocycles. The van der Waals surface area contributed by atoms with Gasteiger partial charge >= 0.3 is 0 Å². The van der Waals surface area contributed by atoms with E-state index in [1.807, 2.05) is 0 Å². The Hall–Kier alpha value is -2.21. The zero-order valence-corrected chi connectivity index (χ0v) is 11.3. The molecule has 0 aliphatic heterocycles. The summed E-state index contributed by atoms with van der Waals surface area (Å²) in [6, 6.07) is 8.79. The van der Waals surface area contributed by atoms with Gasteiger partial charge in [0.05, 0.1) is 17.1 Å². The summed E-state index contributed by atoms with van der Waals surface area (Å²) in [5.74, 6) is -0.0247. The van der Waals surface area contributed by atoms with Gasteiger partial charge in [0, 0.05) is 19.2 Å². The standard InChI is InChI=1S/C13H11ClFN3O2/c1-17(8-9-4-2-3-5-11(9)15)13-7-10(18(19)20)6-12(14)16-13/h2-7H,8H2,1H3. The highest BCUT2D eigenvalue weighted by Crippen LogP contribution is 2.23. The minimum atomic E-state index is -0.548. The number of halogens is 2. The van der Waals surface area contributed by atoms with E-state index in [1.54, 1.807) is 30.1 Å². The summed E-state index contributed by atoms with van der Waals surface area (Å²) in [6.45, 7) is 0.233. The van der Waals surface area contributed by atoms with Crippen LogP contribution in [0.25, 0.3) is 0 Å². The first-order chi connectivity index (χ1) is 9.47. The van der Waals surface area contributed by atoms with Crippen molar-refractivity contribution in [3.8, 4) is 0 Å². The summed E-state index contributed by atoms with van der Waals surface area (Å²) < 4.78 is 13.6. The van der Waals surface area contributed by atoms with Crippen LogP contribution in [0.4, 0.5) is 15.9 Å². The first kappa shape index (κ1) is 14.2. The lowest BCUT2D eigenvalue weighted by molar-refractivity contribution is -0.384. The molecule has 0 unspecified atom stereocenters. The molecule has 0 atom stereocenters. The normalized spacial score (nSPS) is 10.3. The van der Waals surface area contributed by atoms with E-state index in [2.05, 4.69) is 4.98 Å². The predicted octanol–water partition coefficient (Wildman–Crippen LogP) is 3.42. The number of pyridine rings is 1. The maximum atomic E-state index is 13.6. The summed E-state index contributed by atoms with van der Waals surface area (Å²) in [4.78, 5) is 15.8. The predicted molar refractivity (Wildman–Crippen MR) is 74.4 cm³/mol. The Bertz CT molecular complexity index is 651. The molecular formula is C13H11ClFN3O2. The molecule has 2 aromatic rings. The van der Waals surface area contributed by atoms with Gasteiger partial charge in [-0.2, -0.15) is 0 Å². The van der Waals surface area contributed by atoms with Gasteiger partial charge in [-0.1, -0.05) is 29.8 Å². The molecule has 0 aliphatic carbocycles. The maximum Gasteiger partial charge on any atom is 0.276 e. The quantitative estimate of drug-likeness (QED) is 0.492. The van der Waals surface area contributed by atoms with Crippen LogP contribution < -0.4 is 4.90 Å². The summed E-state index contributed by atoms with van der Waals surface area (Å²) in [5.41, 5.74) is 0.319. The van der Waals surface area contributed by atoms with Gasteiger partial charge in [0.2, 0.25) is 0 Å². The number of nitro groups is 1.